The highest BCUT2D eigenvalue weighted by Crippen LogP contribution is 2.39. The molecule has 134 valence electrons. The fraction of sp³-hybridized carbons (Fsp3) is 0.500. The number of nitrogens with one attached hydrogen (secondary N) is 1. The third kappa shape index (κ3) is 3.20. The molecular formula is C18H22N3O2S2-. The Morgan fingerprint density at radius 1 is 1.28 bits per heavy atom. The van der Waals surface area contributed by atoms with Crippen molar-refractivity contribution in [1.29, 1.82) is 0 Å². The molecule has 5 nitrogen and oxygen atoms in total. The largest absolute Gasteiger partial charge is 0.439 e. The van der Waals surface area contributed by atoms with Gasteiger partial charge in [0.25, 0.3) is 0 Å². The van der Waals surface area contributed by atoms with Crippen molar-refractivity contribution in [3.63, 3.8) is 0 Å². The lowest BCUT2D eigenvalue weighted by Crippen LogP contribution is -2.15. The number of aryl methyl sites for hydroxylation is 2. The Balaban J connectivity index is 1.50. The second-order valence-electron chi connectivity index (χ2n) is 7.14. The molecule has 2 aliphatic rings. The molecule has 0 bridgehead atoms. The van der Waals surface area contributed by atoms with E-state index < -0.39 is 16.2 Å². The van der Waals surface area contributed by atoms with Crippen LogP contribution in [-0.2, 0) is 46.1 Å². The number of hydrogen-bond donors (Lipinski definition) is 2. The summed E-state index contributed by atoms with van der Waals surface area (Å²) in [5.74, 6) is 0. The second-order valence-corrected chi connectivity index (χ2v) is 9.62. The summed E-state index contributed by atoms with van der Waals surface area (Å²) in [5.41, 5.74) is 6.00. The van der Waals surface area contributed by atoms with Gasteiger partial charge in [0.1, 0.15) is 10.6 Å². The molecule has 0 spiro atoms. The van der Waals surface area contributed by atoms with Gasteiger partial charge in [0, 0.05) is 11.9 Å². The summed E-state index contributed by atoms with van der Waals surface area (Å²) in [6.07, 6.45) is 7.35. The summed E-state index contributed by atoms with van der Waals surface area (Å²) in [6, 6.07) is 2.37. The van der Waals surface area contributed by atoms with Gasteiger partial charge >= 0.3 is 0 Å². The van der Waals surface area contributed by atoms with E-state index in [0.29, 0.717) is 15.9 Å². The molecule has 1 aromatic carbocycles. The van der Waals surface area contributed by atoms with Gasteiger partial charge in [-0.1, -0.05) is 6.07 Å². The van der Waals surface area contributed by atoms with E-state index >= 15 is 0 Å². The molecule has 0 atom stereocenters. The third-order valence-electron chi connectivity index (χ3n) is 4.86. The van der Waals surface area contributed by atoms with E-state index in [1.807, 2.05) is 0 Å². The standard InChI is InChI=1S/C18H22N3O2S2/c1-18(2,22)17-19-9-15(24-17)25(23)21-10-20-16-13-5-3-4-11(13)8-12-6-7-14(12)16/h8-9,20,22H,3-7,10H2,1-2H3/q-1. The van der Waals surface area contributed by atoms with Crippen LogP contribution in [-0.4, -0.2) is 16.8 Å². The van der Waals surface area contributed by atoms with E-state index in [2.05, 4.69) is 20.7 Å². The molecule has 25 heavy (non-hydrogen) atoms. The minimum absolute atomic E-state index is 0.325. The Hall–Kier alpha value is -1.44. The van der Waals surface area contributed by atoms with Gasteiger partial charge in [-0.3, -0.25) is 0 Å². The topological polar surface area (TPSA) is 74.6 Å². The molecule has 0 amide bonds. The normalized spacial score (nSPS) is 17.1. The van der Waals surface area contributed by atoms with Crippen molar-refractivity contribution in [2.75, 3.05) is 12.0 Å². The predicted molar refractivity (Wildman–Crippen MR) is 100 cm³/mol. The zero-order valence-electron chi connectivity index (χ0n) is 14.5. The van der Waals surface area contributed by atoms with Crippen molar-refractivity contribution >= 4 is 27.6 Å². The summed E-state index contributed by atoms with van der Waals surface area (Å²) >= 11 is 1.25. The van der Waals surface area contributed by atoms with Gasteiger partial charge in [-0.05, 0) is 72.4 Å². The van der Waals surface area contributed by atoms with Crippen LogP contribution in [0.15, 0.2) is 20.8 Å². The first-order valence-electron chi connectivity index (χ1n) is 8.62. The number of benzene rings is 1. The van der Waals surface area contributed by atoms with E-state index in [1.165, 1.54) is 58.5 Å². The van der Waals surface area contributed by atoms with Gasteiger partial charge in [-0.2, -0.15) is 0 Å². The first-order chi connectivity index (χ1) is 11.9. The van der Waals surface area contributed by atoms with Crippen LogP contribution in [0.2, 0.25) is 0 Å². The molecule has 0 unspecified atom stereocenters. The summed E-state index contributed by atoms with van der Waals surface area (Å²) in [6.45, 7) is 3.67. The maximum absolute atomic E-state index is 12.4. The molecule has 0 saturated heterocycles. The number of aromatic nitrogens is 1. The molecule has 2 aliphatic carbocycles. The van der Waals surface area contributed by atoms with Crippen LogP contribution in [0, 0.1) is 0 Å². The lowest BCUT2D eigenvalue weighted by atomic mass is 9.83. The highest BCUT2D eigenvalue weighted by molar-refractivity contribution is 7.77. The van der Waals surface area contributed by atoms with Crippen LogP contribution in [0.25, 0.3) is 0 Å². The first-order valence-corrected chi connectivity index (χ1v) is 10.5. The third-order valence-corrected chi connectivity index (χ3v) is 7.46. The molecule has 4 rings (SSSR count). The maximum Gasteiger partial charge on any atom is 0.122 e. The Kier molecular flexibility index (Phi) is 4.33. The summed E-state index contributed by atoms with van der Waals surface area (Å²) in [4.78, 5) is 4.15. The number of thiazole rings is 1. The van der Waals surface area contributed by atoms with Crippen LogP contribution in [0.1, 0.15) is 47.5 Å². The minimum Gasteiger partial charge on any atom is -0.439 e. The quantitative estimate of drug-likeness (QED) is 0.783. The van der Waals surface area contributed by atoms with E-state index in [0.717, 1.165) is 12.8 Å². The first kappa shape index (κ1) is 17.0. The van der Waals surface area contributed by atoms with Crippen molar-refractivity contribution < 1.29 is 9.32 Å². The smallest absolute Gasteiger partial charge is 0.122 e. The van der Waals surface area contributed by atoms with Gasteiger partial charge in [0.05, 0.1) is 6.67 Å². The fourth-order valence-electron chi connectivity index (χ4n) is 3.51. The molecular weight excluding hydrogens is 354 g/mol. The van der Waals surface area contributed by atoms with Gasteiger partial charge in [-0.25, -0.2) is 4.98 Å². The Labute approximate surface area is 153 Å². The molecule has 2 aromatic rings. The van der Waals surface area contributed by atoms with Crippen molar-refractivity contribution in [2.45, 2.75) is 55.8 Å². The van der Waals surface area contributed by atoms with Gasteiger partial charge in [0.2, 0.25) is 0 Å². The molecule has 0 aliphatic heterocycles. The highest BCUT2D eigenvalue weighted by Gasteiger charge is 2.25. The highest BCUT2D eigenvalue weighted by atomic mass is 32.2. The molecule has 1 aromatic heterocycles. The average Bonchev–Trinajstić information content (AvgIpc) is 3.18. The SMILES string of the molecule is CC(C)(O)c1ncc([S-](=O)=NCNc2c3c(cc4c2CC4)CCC3)s1. The maximum atomic E-state index is 12.4. The van der Waals surface area contributed by atoms with Crippen molar-refractivity contribution in [2.24, 2.45) is 4.36 Å². The minimum atomic E-state index is -1.46. The predicted octanol–water partition coefficient (Wildman–Crippen LogP) is 3.53. The van der Waals surface area contributed by atoms with Crippen LogP contribution in [0.3, 0.4) is 0 Å². The van der Waals surface area contributed by atoms with E-state index in [1.54, 1.807) is 20.0 Å². The van der Waals surface area contributed by atoms with Gasteiger partial charge in [-0.15, -0.1) is 21.9 Å². The molecule has 0 fully saturated rings. The number of fused-ring (bicyclic) bond motifs is 2. The van der Waals surface area contributed by atoms with Crippen LogP contribution < -0.4 is 5.32 Å². The molecule has 2 N–H and O–H groups in total. The molecule has 7 heteroatoms. The number of rotatable bonds is 5. The van der Waals surface area contributed by atoms with Crippen LogP contribution >= 0.6 is 11.3 Å². The van der Waals surface area contributed by atoms with Gasteiger partial charge < -0.3 is 19.0 Å². The van der Waals surface area contributed by atoms with Crippen LogP contribution in [0.5, 0.6) is 0 Å². The molecule has 1 heterocycles. The zero-order chi connectivity index (χ0) is 17.6. The van der Waals surface area contributed by atoms with Gasteiger partial charge in [0.15, 0.2) is 0 Å². The number of anilines is 1. The summed E-state index contributed by atoms with van der Waals surface area (Å²) in [5, 5.41) is 13.9. The summed E-state index contributed by atoms with van der Waals surface area (Å²) in [7, 11) is -1.46. The second kappa shape index (κ2) is 6.37. The van der Waals surface area contributed by atoms with Crippen molar-refractivity contribution in [3.05, 3.63) is 39.5 Å². The Morgan fingerprint density at radius 2 is 2.04 bits per heavy atom. The fourth-order valence-corrected chi connectivity index (χ4v) is 5.30. The summed E-state index contributed by atoms with van der Waals surface area (Å²) < 4.78 is 17.2. The number of nitrogens with zero attached hydrogens (tertiary/aromatic N) is 2. The zero-order valence-corrected chi connectivity index (χ0v) is 16.1. The number of aliphatic hydroxyl groups is 1. The average molecular weight is 377 g/mol. The lowest BCUT2D eigenvalue weighted by molar-refractivity contribution is 0.0783. The monoisotopic (exact) mass is 376 g/mol. The Bertz CT molecular complexity index is 906. The van der Waals surface area contributed by atoms with E-state index in [4.69, 9.17) is 0 Å². The van der Waals surface area contributed by atoms with E-state index in [9.17, 15) is 9.32 Å². The Morgan fingerprint density at radius 3 is 2.72 bits per heavy atom. The van der Waals surface area contributed by atoms with Crippen molar-refractivity contribution in [3.8, 4) is 0 Å². The van der Waals surface area contributed by atoms with E-state index in [-0.39, 0.29) is 0 Å². The van der Waals surface area contributed by atoms with Crippen LogP contribution in [0.4, 0.5) is 5.69 Å². The number of hydrogen-bond acceptors (Lipinski definition) is 7. The molecule has 0 radical (unpaired) electrons. The van der Waals surface area contributed by atoms with Crippen molar-refractivity contribution in [1.82, 2.24) is 4.98 Å². The molecule has 0 saturated carbocycles. The lowest BCUT2D eigenvalue weighted by Gasteiger charge is -2.26.